The van der Waals surface area contributed by atoms with Crippen molar-refractivity contribution in [1.29, 1.82) is 0 Å². The summed E-state index contributed by atoms with van der Waals surface area (Å²) in [5, 5.41) is 15.9. The van der Waals surface area contributed by atoms with Crippen molar-refractivity contribution in [2.45, 2.75) is 26.2 Å². The second kappa shape index (κ2) is 10.4. The molecule has 0 bridgehead atoms. The van der Waals surface area contributed by atoms with E-state index in [1.165, 1.54) is 17.8 Å². The van der Waals surface area contributed by atoms with Gasteiger partial charge in [0, 0.05) is 31.4 Å². The van der Waals surface area contributed by atoms with E-state index in [1.807, 2.05) is 25.1 Å². The fraction of sp³-hybridized carbons (Fsp3) is 0.320. The van der Waals surface area contributed by atoms with Gasteiger partial charge in [-0.1, -0.05) is 17.4 Å². The summed E-state index contributed by atoms with van der Waals surface area (Å²) in [4.78, 5) is 33.8. The van der Waals surface area contributed by atoms with Gasteiger partial charge < -0.3 is 26.4 Å². The van der Waals surface area contributed by atoms with E-state index < -0.39 is 0 Å². The van der Waals surface area contributed by atoms with Crippen LogP contribution in [0.2, 0.25) is 0 Å². The van der Waals surface area contributed by atoms with E-state index in [4.69, 9.17) is 15.8 Å². The highest BCUT2D eigenvalue weighted by Crippen LogP contribution is 2.34. The molecule has 5 rings (SSSR count). The molecule has 5 heterocycles. The molecular formula is C25H28N8O2S. The Balaban J connectivity index is 1.48. The summed E-state index contributed by atoms with van der Waals surface area (Å²) >= 11 is 1.43. The molecule has 1 fully saturated rings. The van der Waals surface area contributed by atoms with Crippen LogP contribution in [0.5, 0.6) is 0 Å². The van der Waals surface area contributed by atoms with Crippen LogP contribution in [0.3, 0.4) is 0 Å². The minimum atomic E-state index is -0.317. The number of nitrogen functional groups attached to an aromatic ring is 1. The van der Waals surface area contributed by atoms with Gasteiger partial charge in [0.05, 0.1) is 22.7 Å². The fourth-order valence-corrected chi connectivity index (χ4v) is 5.08. The van der Waals surface area contributed by atoms with Gasteiger partial charge in [-0.05, 0) is 56.0 Å². The highest BCUT2D eigenvalue weighted by molar-refractivity contribution is 7.22. The maximum Gasteiger partial charge on any atom is 0.274 e. The fourth-order valence-electron chi connectivity index (χ4n) is 4.21. The van der Waals surface area contributed by atoms with Gasteiger partial charge >= 0.3 is 0 Å². The number of aliphatic hydroxyl groups excluding tert-OH is 1. The molecule has 1 saturated heterocycles. The zero-order valence-electron chi connectivity index (χ0n) is 20.0. The molecule has 10 nitrogen and oxygen atoms in total. The van der Waals surface area contributed by atoms with E-state index in [0.29, 0.717) is 46.0 Å². The zero-order chi connectivity index (χ0) is 25.1. The van der Waals surface area contributed by atoms with E-state index in [-0.39, 0.29) is 12.5 Å². The zero-order valence-corrected chi connectivity index (χ0v) is 20.8. The van der Waals surface area contributed by atoms with Crippen molar-refractivity contribution in [3.05, 3.63) is 47.8 Å². The van der Waals surface area contributed by atoms with Crippen molar-refractivity contribution in [1.82, 2.24) is 19.9 Å². The maximum absolute atomic E-state index is 13.4. The van der Waals surface area contributed by atoms with E-state index >= 15 is 0 Å². The first-order chi connectivity index (χ1) is 17.5. The Bertz CT molecular complexity index is 1380. The third-order valence-corrected chi connectivity index (χ3v) is 6.99. The molecule has 4 aromatic rings. The number of carbonyl (C=O) groups is 1. The van der Waals surface area contributed by atoms with E-state index in [1.54, 1.807) is 18.3 Å². The molecule has 36 heavy (non-hydrogen) atoms. The van der Waals surface area contributed by atoms with Gasteiger partial charge in [0.2, 0.25) is 0 Å². The molecule has 0 aliphatic carbocycles. The number of aliphatic hydroxyl groups is 1. The van der Waals surface area contributed by atoms with E-state index in [9.17, 15) is 4.79 Å². The van der Waals surface area contributed by atoms with Gasteiger partial charge in [-0.15, -0.1) is 0 Å². The number of carbonyl (C=O) groups excluding carboxylic acids is 1. The molecule has 0 radical (unpaired) electrons. The number of anilines is 4. The molecule has 186 valence electrons. The number of thiazole rings is 1. The van der Waals surface area contributed by atoms with Gasteiger partial charge in [-0.2, -0.15) is 0 Å². The molecule has 0 atom stereocenters. The minimum Gasteiger partial charge on any atom is -0.395 e. The predicted molar refractivity (Wildman–Crippen MR) is 144 cm³/mol. The van der Waals surface area contributed by atoms with Crippen molar-refractivity contribution in [2.24, 2.45) is 0 Å². The minimum absolute atomic E-state index is 0.0155. The molecular weight excluding hydrogens is 476 g/mol. The van der Waals surface area contributed by atoms with Gasteiger partial charge in [-0.3, -0.25) is 4.79 Å². The van der Waals surface area contributed by atoms with Crippen LogP contribution in [0.15, 0.2) is 36.5 Å². The highest BCUT2D eigenvalue weighted by Gasteiger charge is 2.21. The summed E-state index contributed by atoms with van der Waals surface area (Å²) in [7, 11) is 0. The van der Waals surface area contributed by atoms with Crippen LogP contribution in [0.25, 0.3) is 21.6 Å². The van der Waals surface area contributed by atoms with Gasteiger partial charge in [0.15, 0.2) is 16.6 Å². The topological polar surface area (TPSA) is 142 Å². The average molecular weight is 505 g/mol. The summed E-state index contributed by atoms with van der Waals surface area (Å²) < 4.78 is 0.844. The Morgan fingerprint density at radius 1 is 1.14 bits per heavy atom. The normalized spacial score (nSPS) is 13.7. The number of hydrogen-bond donors (Lipinski definition) is 4. The third kappa shape index (κ3) is 5.07. The SMILES string of the molecule is Cc1ccc(C(=O)Nc2cc3sc(NCCO)nc3nc2N2CCCCC2)nc1-c1ccc(N)nc1. The lowest BCUT2D eigenvalue weighted by atomic mass is 10.1. The lowest BCUT2D eigenvalue weighted by molar-refractivity contribution is 0.102. The number of hydrogen-bond acceptors (Lipinski definition) is 10. The van der Waals surface area contributed by atoms with Gasteiger partial charge in [0.1, 0.15) is 11.5 Å². The number of nitrogens with two attached hydrogens (primary N) is 1. The third-order valence-electron chi connectivity index (χ3n) is 6.04. The largest absolute Gasteiger partial charge is 0.395 e. The van der Waals surface area contributed by atoms with Crippen LogP contribution in [0.1, 0.15) is 35.3 Å². The summed E-state index contributed by atoms with van der Waals surface area (Å²) in [5.41, 5.74) is 9.68. The van der Waals surface area contributed by atoms with E-state index in [0.717, 1.165) is 41.8 Å². The number of aryl methyl sites for hydroxylation is 1. The molecule has 0 spiro atoms. The quantitative estimate of drug-likeness (QED) is 0.296. The summed E-state index contributed by atoms with van der Waals surface area (Å²) in [6, 6.07) is 9.08. The van der Waals surface area contributed by atoms with E-state index in [2.05, 4.69) is 30.5 Å². The van der Waals surface area contributed by atoms with Crippen molar-refractivity contribution >= 4 is 50.0 Å². The Labute approximate surface area is 212 Å². The van der Waals surface area contributed by atoms with Crippen molar-refractivity contribution < 1.29 is 9.90 Å². The van der Waals surface area contributed by atoms with Crippen molar-refractivity contribution in [3.8, 4) is 11.3 Å². The number of aromatic nitrogens is 4. The van der Waals surface area contributed by atoms with Gasteiger partial charge in [-0.25, -0.2) is 19.9 Å². The Hall–Kier alpha value is -3.83. The Morgan fingerprint density at radius 2 is 1.97 bits per heavy atom. The van der Waals surface area contributed by atoms with Gasteiger partial charge in [0.25, 0.3) is 5.91 Å². The number of fused-ring (bicyclic) bond motifs is 1. The molecule has 11 heteroatoms. The average Bonchev–Trinajstić information content (AvgIpc) is 3.30. The molecule has 1 aliphatic rings. The molecule has 5 N–H and O–H groups in total. The first kappa shape index (κ1) is 23.9. The Kier molecular flexibility index (Phi) is 6.92. The van der Waals surface area contributed by atoms with Crippen LogP contribution >= 0.6 is 11.3 Å². The smallest absolute Gasteiger partial charge is 0.274 e. The predicted octanol–water partition coefficient (Wildman–Crippen LogP) is 3.69. The lowest BCUT2D eigenvalue weighted by Gasteiger charge is -2.29. The highest BCUT2D eigenvalue weighted by atomic mass is 32.1. The van der Waals surface area contributed by atoms with Crippen molar-refractivity contribution in [2.75, 3.05) is 47.5 Å². The number of pyridine rings is 3. The van der Waals surface area contributed by atoms with Crippen LogP contribution in [-0.2, 0) is 0 Å². The molecule has 0 unspecified atom stereocenters. The standard InChI is InChI=1S/C25H28N8O2S/c1-15-5-7-17(29-21(15)16-6-8-20(26)28-14-16)24(35)30-18-13-19-22(32-25(36-19)27-9-12-34)31-23(18)33-10-3-2-4-11-33/h5-8,13-14,34H,2-4,9-12H2,1H3,(H2,26,28)(H,30,35)(H,27,31,32). The molecule has 1 aliphatic heterocycles. The summed E-state index contributed by atoms with van der Waals surface area (Å²) in [6.07, 6.45) is 4.99. The number of amides is 1. The number of piperidine rings is 1. The molecule has 1 amide bonds. The first-order valence-corrected chi connectivity index (χ1v) is 12.8. The lowest BCUT2D eigenvalue weighted by Crippen LogP contribution is -2.31. The summed E-state index contributed by atoms with van der Waals surface area (Å²) in [5.74, 6) is 0.822. The molecule has 0 saturated carbocycles. The first-order valence-electron chi connectivity index (χ1n) is 11.9. The number of nitrogens with one attached hydrogen (secondary N) is 2. The number of rotatable bonds is 7. The monoisotopic (exact) mass is 504 g/mol. The second-order valence-corrected chi connectivity index (χ2v) is 9.72. The van der Waals surface area contributed by atoms with Crippen LogP contribution in [0, 0.1) is 6.92 Å². The Morgan fingerprint density at radius 3 is 2.72 bits per heavy atom. The van der Waals surface area contributed by atoms with Crippen LogP contribution in [0.4, 0.5) is 22.5 Å². The molecule has 4 aromatic heterocycles. The number of nitrogens with zero attached hydrogens (tertiary/aromatic N) is 5. The van der Waals surface area contributed by atoms with Crippen LogP contribution in [-0.4, -0.2) is 57.2 Å². The maximum atomic E-state index is 13.4. The van der Waals surface area contributed by atoms with Crippen molar-refractivity contribution in [3.63, 3.8) is 0 Å². The molecule has 0 aromatic carbocycles. The summed E-state index contributed by atoms with van der Waals surface area (Å²) in [6.45, 7) is 4.12. The van der Waals surface area contributed by atoms with Crippen LogP contribution < -0.4 is 21.3 Å². The second-order valence-electron chi connectivity index (χ2n) is 8.69.